The lowest BCUT2D eigenvalue weighted by Gasteiger charge is -2.33. The Kier molecular flexibility index (Phi) is 5.38. The number of furan rings is 1. The molecule has 126 valence electrons. The molecular formula is C15H20N2O6. The number of amides is 1. The summed E-state index contributed by atoms with van der Waals surface area (Å²) in [4.78, 5) is 36.9. The third-order valence-corrected chi connectivity index (χ3v) is 3.73. The lowest BCUT2D eigenvalue weighted by Crippen LogP contribution is -2.55. The van der Waals surface area contributed by atoms with Crippen molar-refractivity contribution in [3.05, 3.63) is 23.2 Å². The van der Waals surface area contributed by atoms with Gasteiger partial charge >= 0.3 is 11.9 Å². The van der Waals surface area contributed by atoms with Crippen LogP contribution in [0.3, 0.4) is 0 Å². The van der Waals surface area contributed by atoms with Crippen molar-refractivity contribution in [3.8, 4) is 0 Å². The predicted octanol–water partition coefficient (Wildman–Crippen LogP) is 0.238. The van der Waals surface area contributed by atoms with Crippen molar-refractivity contribution in [2.75, 3.05) is 27.3 Å². The monoisotopic (exact) mass is 324 g/mol. The molecule has 8 nitrogen and oxygen atoms in total. The Morgan fingerprint density at radius 2 is 2.13 bits per heavy atom. The van der Waals surface area contributed by atoms with Gasteiger partial charge in [-0.15, -0.1) is 0 Å². The summed E-state index contributed by atoms with van der Waals surface area (Å²) in [6.45, 7) is 3.11. The standard InChI is InChI=1S/C15H20N2O6/c1-9-6-10(23-13(9)15(20)22-3)8-17-5-4-16-14(19)11(17)7-12(18)21-2/h6,11H,4-5,7-8H2,1-3H3,(H,16,19)/t11-/m0/s1. The number of rotatable bonds is 5. The van der Waals surface area contributed by atoms with Crippen molar-refractivity contribution < 1.29 is 28.3 Å². The molecular weight excluding hydrogens is 304 g/mol. The number of hydrogen-bond donors (Lipinski definition) is 1. The highest BCUT2D eigenvalue weighted by atomic mass is 16.5. The maximum atomic E-state index is 12.0. The fraction of sp³-hybridized carbons (Fsp3) is 0.533. The van der Waals surface area contributed by atoms with Crippen LogP contribution in [0.4, 0.5) is 0 Å². The number of carbonyl (C=O) groups is 3. The number of nitrogens with zero attached hydrogens (tertiary/aromatic N) is 1. The van der Waals surface area contributed by atoms with E-state index in [2.05, 4.69) is 14.8 Å². The minimum absolute atomic E-state index is 0.0358. The molecule has 0 spiro atoms. The van der Waals surface area contributed by atoms with Gasteiger partial charge in [0.2, 0.25) is 11.7 Å². The van der Waals surface area contributed by atoms with Gasteiger partial charge in [0.05, 0.1) is 27.2 Å². The van der Waals surface area contributed by atoms with E-state index in [1.54, 1.807) is 13.0 Å². The minimum atomic E-state index is -0.622. The van der Waals surface area contributed by atoms with Gasteiger partial charge in [-0.2, -0.15) is 0 Å². The van der Waals surface area contributed by atoms with Crippen molar-refractivity contribution in [2.24, 2.45) is 0 Å². The van der Waals surface area contributed by atoms with Gasteiger partial charge in [-0.3, -0.25) is 14.5 Å². The second-order valence-corrected chi connectivity index (χ2v) is 5.27. The summed E-state index contributed by atoms with van der Waals surface area (Å²) in [6.07, 6.45) is -0.0358. The van der Waals surface area contributed by atoms with Crippen LogP contribution >= 0.6 is 0 Å². The first kappa shape index (κ1) is 17.0. The molecule has 0 radical (unpaired) electrons. The Bertz CT molecular complexity index is 609. The highest BCUT2D eigenvalue weighted by molar-refractivity contribution is 5.88. The molecule has 0 saturated carbocycles. The molecule has 0 unspecified atom stereocenters. The van der Waals surface area contributed by atoms with Crippen LogP contribution in [0.5, 0.6) is 0 Å². The Hall–Kier alpha value is -2.35. The zero-order valence-corrected chi connectivity index (χ0v) is 13.4. The molecule has 0 aliphatic carbocycles. The second kappa shape index (κ2) is 7.28. The van der Waals surface area contributed by atoms with Crippen LogP contribution in [0.2, 0.25) is 0 Å². The van der Waals surface area contributed by atoms with E-state index in [4.69, 9.17) is 4.42 Å². The predicted molar refractivity (Wildman–Crippen MR) is 78.6 cm³/mol. The number of hydrogen-bond acceptors (Lipinski definition) is 7. The molecule has 1 aromatic heterocycles. The van der Waals surface area contributed by atoms with E-state index in [-0.39, 0.29) is 18.1 Å². The SMILES string of the molecule is COC(=O)C[C@H]1C(=O)NCCN1Cc1cc(C)c(C(=O)OC)o1. The van der Waals surface area contributed by atoms with Gasteiger partial charge in [0.15, 0.2) is 0 Å². The van der Waals surface area contributed by atoms with E-state index in [0.717, 1.165) is 0 Å². The maximum Gasteiger partial charge on any atom is 0.374 e. The third-order valence-electron chi connectivity index (χ3n) is 3.73. The summed E-state index contributed by atoms with van der Waals surface area (Å²) < 4.78 is 14.8. The van der Waals surface area contributed by atoms with Crippen molar-refractivity contribution >= 4 is 17.8 Å². The first-order valence-electron chi connectivity index (χ1n) is 7.22. The molecule has 8 heteroatoms. The lowest BCUT2D eigenvalue weighted by atomic mass is 10.1. The van der Waals surface area contributed by atoms with Gasteiger partial charge < -0.3 is 19.2 Å². The maximum absolute atomic E-state index is 12.0. The summed E-state index contributed by atoms with van der Waals surface area (Å²) >= 11 is 0. The van der Waals surface area contributed by atoms with E-state index >= 15 is 0 Å². The summed E-state index contributed by atoms with van der Waals surface area (Å²) in [5, 5.41) is 2.73. The molecule has 23 heavy (non-hydrogen) atoms. The van der Waals surface area contributed by atoms with Gasteiger partial charge in [-0.25, -0.2) is 4.79 Å². The summed E-state index contributed by atoms with van der Waals surface area (Å²) in [6, 6.07) is 1.11. The van der Waals surface area contributed by atoms with Crippen molar-refractivity contribution in [2.45, 2.75) is 25.9 Å². The van der Waals surface area contributed by atoms with Crippen molar-refractivity contribution in [3.63, 3.8) is 0 Å². The van der Waals surface area contributed by atoms with Crippen LogP contribution in [0.1, 0.15) is 28.3 Å². The van der Waals surface area contributed by atoms with Crippen molar-refractivity contribution in [1.29, 1.82) is 0 Å². The molecule has 1 fully saturated rings. The summed E-state index contributed by atoms with van der Waals surface area (Å²) in [5.41, 5.74) is 0.665. The van der Waals surface area contributed by atoms with Gasteiger partial charge in [0, 0.05) is 18.7 Å². The van der Waals surface area contributed by atoms with E-state index in [1.165, 1.54) is 14.2 Å². The average molecular weight is 324 g/mol. The van der Waals surface area contributed by atoms with Gasteiger partial charge in [0.1, 0.15) is 11.8 Å². The number of piperazine rings is 1. The Labute approximate surface area is 133 Å². The first-order chi connectivity index (χ1) is 11.0. The van der Waals surface area contributed by atoms with E-state index in [0.29, 0.717) is 31.0 Å². The normalized spacial score (nSPS) is 18.4. The fourth-order valence-electron chi connectivity index (χ4n) is 2.54. The van der Waals surface area contributed by atoms with Crippen molar-refractivity contribution in [1.82, 2.24) is 10.2 Å². The molecule has 1 N–H and O–H groups in total. The Morgan fingerprint density at radius 1 is 1.39 bits per heavy atom. The summed E-state index contributed by atoms with van der Waals surface area (Å²) in [7, 11) is 2.57. The molecule has 0 aromatic carbocycles. The molecule has 1 atom stereocenters. The number of aryl methyl sites for hydroxylation is 1. The zero-order valence-electron chi connectivity index (χ0n) is 13.4. The minimum Gasteiger partial charge on any atom is -0.469 e. The fourth-order valence-corrected chi connectivity index (χ4v) is 2.54. The molecule has 2 heterocycles. The van der Waals surface area contributed by atoms with E-state index in [1.807, 2.05) is 4.90 Å². The molecule has 1 aromatic rings. The molecule has 2 rings (SSSR count). The highest BCUT2D eigenvalue weighted by Crippen LogP contribution is 2.20. The summed E-state index contributed by atoms with van der Waals surface area (Å²) in [5.74, 6) is -0.543. The average Bonchev–Trinajstić information content (AvgIpc) is 2.90. The molecule has 1 amide bonds. The molecule has 1 aliphatic rings. The van der Waals surface area contributed by atoms with E-state index < -0.39 is 18.0 Å². The van der Waals surface area contributed by atoms with Crippen LogP contribution in [0, 0.1) is 6.92 Å². The Morgan fingerprint density at radius 3 is 2.78 bits per heavy atom. The number of esters is 2. The smallest absolute Gasteiger partial charge is 0.374 e. The lowest BCUT2D eigenvalue weighted by molar-refractivity contribution is -0.146. The van der Waals surface area contributed by atoms with Crippen LogP contribution < -0.4 is 5.32 Å². The Balaban J connectivity index is 2.14. The van der Waals surface area contributed by atoms with Crippen LogP contribution in [0.25, 0.3) is 0 Å². The number of nitrogens with one attached hydrogen (secondary N) is 1. The zero-order chi connectivity index (χ0) is 17.0. The topological polar surface area (TPSA) is 98.1 Å². The largest absolute Gasteiger partial charge is 0.469 e. The third kappa shape index (κ3) is 3.89. The van der Waals surface area contributed by atoms with Crippen LogP contribution in [-0.2, 0) is 25.6 Å². The van der Waals surface area contributed by atoms with Gasteiger partial charge in [-0.05, 0) is 13.0 Å². The van der Waals surface area contributed by atoms with Gasteiger partial charge in [0.25, 0.3) is 0 Å². The molecule has 1 saturated heterocycles. The second-order valence-electron chi connectivity index (χ2n) is 5.27. The highest BCUT2D eigenvalue weighted by Gasteiger charge is 2.32. The first-order valence-corrected chi connectivity index (χ1v) is 7.22. The van der Waals surface area contributed by atoms with E-state index in [9.17, 15) is 14.4 Å². The molecule has 1 aliphatic heterocycles. The number of carbonyl (C=O) groups excluding carboxylic acids is 3. The quantitative estimate of drug-likeness (QED) is 0.775. The molecule has 0 bridgehead atoms. The number of methoxy groups -OCH3 is 2. The number of ether oxygens (including phenoxy) is 2. The van der Waals surface area contributed by atoms with Crippen LogP contribution in [-0.4, -0.2) is 56.1 Å². The van der Waals surface area contributed by atoms with Gasteiger partial charge in [-0.1, -0.05) is 0 Å². The van der Waals surface area contributed by atoms with Crippen LogP contribution in [0.15, 0.2) is 10.5 Å².